The smallest absolute Gasteiger partial charge is 0.338 e. The van der Waals surface area contributed by atoms with Gasteiger partial charge in [0, 0.05) is 11.3 Å². The lowest BCUT2D eigenvalue weighted by Crippen LogP contribution is -2.04. The van der Waals surface area contributed by atoms with Gasteiger partial charge >= 0.3 is 12.0 Å². The Hall–Kier alpha value is -3.15. The largest absolute Gasteiger partial charge is 0.462 e. The molecule has 0 radical (unpaired) electrons. The van der Waals surface area contributed by atoms with Crippen LogP contribution in [-0.2, 0) is 4.74 Å². The zero-order valence-corrected chi connectivity index (χ0v) is 12.5. The summed E-state index contributed by atoms with van der Waals surface area (Å²) in [5.74, 6) is 0.0967. The zero-order valence-electron chi connectivity index (χ0n) is 12.5. The fourth-order valence-electron chi connectivity index (χ4n) is 2.00. The molecule has 0 aliphatic heterocycles. The molecule has 0 amide bonds. The fraction of sp³-hybridized carbons (Fsp3) is 0.118. The van der Waals surface area contributed by atoms with Crippen LogP contribution in [0.5, 0.6) is 0 Å². The normalized spacial score (nSPS) is 10.3. The molecule has 1 heterocycles. The lowest BCUT2D eigenvalue weighted by Gasteiger charge is -2.04. The Morgan fingerprint density at radius 2 is 1.83 bits per heavy atom. The summed E-state index contributed by atoms with van der Waals surface area (Å²) in [7, 11) is 0. The summed E-state index contributed by atoms with van der Waals surface area (Å²) in [4.78, 5) is 11.6. The van der Waals surface area contributed by atoms with E-state index < -0.39 is 0 Å². The number of aromatic nitrogens is 2. The van der Waals surface area contributed by atoms with Gasteiger partial charge in [-0.2, -0.15) is 0 Å². The van der Waals surface area contributed by atoms with E-state index in [9.17, 15) is 4.79 Å². The van der Waals surface area contributed by atoms with Gasteiger partial charge in [-0.3, -0.25) is 0 Å². The Kier molecular flexibility index (Phi) is 4.33. The number of rotatable bonds is 5. The molecule has 1 N–H and O–H groups in total. The van der Waals surface area contributed by atoms with Gasteiger partial charge in [0.15, 0.2) is 0 Å². The Labute approximate surface area is 133 Å². The Morgan fingerprint density at radius 3 is 2.52 bits per heavy atom. The van der Waals surface area contributed by atoms with E-state index in [1.165, 1.54) is 0 Å². The number of hydrogen-bond acceptors (Lipinski definition) is 6. The summed E-state index contributed by atoms with van der Waals surface area (Å²) in [6.45, 7) is 2.12. The molecule has 6 heteroatoms. The van der Waals surface area contributed by atoms with Crippen molar-refractivity contribution in [3.05, 3.63) is 60.2 Å². The van der Waals surface area contributed by atoms with Crippen molar-refractivity contribution in [3.63, 3.8) is 0 Å². The number of anilines is 2. The molecule has 3 aromatic rings. The molecule has 0 bridgehead atoms. The number of nitrogens with one attached hydrogen (secondary N) is 1. The van der Waals surface area contributed by atoms with Gasteiger partial charge in [0.1, 0.15) is 0 Å². The standard InChI is InChI=1S/C17H15N3O3/c1-2-22-16(21)13-8-10-14(11-9-13)18-17-20-19-15(23-17)12-6-4-3-5-7-12/h3-11H,2H2,1H3,(H,18,20). The molecule has 0 unspecified atom stereocenters. The molecule has 0 aliphatic rings. The summed E-state index contributed by atoms with van der Waals surface area (Å²) in [5.41, 5.74) is 2.08. The van der Waals surface area contributed by atoms with Crippen LogP contribution >= 0.6 is 0 Å². The summed E-state index contributed by atoms with van der Waals surface area (Å²) in [5, 5.41) is 11.0. The number of carbonyl (C=O) groups is 1. The van der Waals surface area contributed by atoms with Crippen molar-refractivity contribution in [2.45, 2.75) is 6.92 Å². The van der Waals surface area contributed by atoms with Gasteiger partial charge in [0.2, 0.25) is 5.89 Å². The Balaban J connectivity index is 1.70. The molecular formula is C17H15N3O3. The highest BCUT2D eigenvalue weighted by molar-refractivity contribution is 5.89. The van der Waals surface area contributed by atoms with E-state index in [1.807, 2.05) is 30.3 Å². The maximum atomic E-state index is 11.6. The topological polar surface area (TPSA) is 77.2 Å². The zero-order chi connectivity index (χ0) is 16.1. The summed E-state index contributed by atoms with van der Waals surface area (Å²) in [6, 6.07) is 16.6. The molecule has 3 rings (SSSR count). The molecule has 23 heavy (non-hydrogen) atoms. The maximum absolute atomic E-state index is 11.6. The van der Waals surface area contributed by atoms with E-state index in [2.05, 4.69) is 15.5 Å². The number of ether oxygens (including phenoxy) is 1. The van der Waals surface area contributed by atoms with Gasteiger partial charge in [-0.25, -0.2) is 4.79 Å². The predicted molar refractivity (Wildman–Crippen MR) is 85.4 cm³/mol. The molecule has 0 saturated heterocycles. The van der Waals surface area contributed by atoms with Gasteiger partial charge in [0.25, 0.3) is 0 Å². The average molecular weight is 309 g/mol. The first-order valence-corrected chi connectivity index (χ1v) is 7.19. The van der Waals surface area contributed by atoms with E-state index in [-0.39, 0.29) is 12.0 Å². The average Bonchev–Trinajstić information content (AvgIpc) is 3.05. The van der Waals surface area contributed by atoms with E-state index in [0.717, 1.165) is 11.3 Å². The van der Waals surface area contributed by atoms with Gasteiger partial charge in [0.05, 0.1) is 12.2 Å². The third-order valence-corrected chi connectivity index (χ3v) is 3.09. The van der Waals surface area contributed by atoms with Crippen molar-refractivity contribution in [1.29, 1.82) is 0 Å². The highest BCUT2D eigenvalue weighted by Crippen LogP contribution is 2.22. The first-order chi connectivity index (χ1) is 11.3. The number of esters is 1. The molecule has 0 spiro atoms. The molecule has 116 valence electrons. The van der Waals surface area contributed by atoms with Crippen LogP contribution in [-0.4, -0.2) is 22.8 Å². The molecule has 0 aliphatic carbocycles. The van der Waals surface area contributed by atoms with Crippen LogP contribution in [0.4, 0.5) is 11.7 Å². The lowest BCUT2D eigenvalue weighted by atomic mass is 10.2. The second kappa shape index (κ2) is 6.74. The van der Waals surface area contributed by atoms with Crippen LogP contribution < -0.4 is 5.32 Å². The first-order valence-electron chi connectivity index (χ1n) is 7.19. The van der Waals surface area contributed by atoms with Crippen molar-refractivity contribution in [3.8, 4) is 11.5 Å². The molecule has 0 saturated carbocycles. The molecule has 1 aromatic heterocycles. The SMILES string of the molecule is CCOC(=O)c1ccc(Nc2nnc(-c3ccccc3)o2)cc1. The van der Waals surface area contributed by atoms with Crippen LogP contribution in [0.25, 0.3) is 11.5 Å². The number of benzene rings is 2. The van der Waals surface area contributed by atoms with E-state index in [0.29, 0.717) is 18.1 Å². The van der Waals surface area contributed by atoms with Crippen LogP contribution in [0, 0.1) is 0 Å². The third kappa shape index (κ3) is 3.55. The Bertz CT molecular complexity index is 782. The van der Waals surface area contributed by atoms with Gasteiger partial charge in [-0.05, 0) is 43.3 Å². The predicted octanol–water partition coefficient (Wildman–Crippen LogP) is 3.66. The molecule has 0 fully saturated rings. The van der Waals surface area contributed by atoms with Gasteiger partial charge in [-0.1, -0.05) is 23.3 Å². The Morgan fingerprint density at radius 1 is 1.09 bits per heavy atom. The lowest BCUT2D eigenvalue weighted by molar-refractivity contribution is 0.0526. The molecule has 2 aromatic carbocycles. The highest BCUT2D eigenvalue weighted by atomic mass is 16.5. The maximum Gasteiger partial charge on any atom is 0.338 e. The van der Waals surface area contributed by atoms with Crippen molar-refractivity contribution in [1.82, 2.24) is 10.2 Å². The van der Waals surface area contributed by atoms with E-state index in [4.69, 9.17) is 9.15 Å². The van der Waals surface area contributed by atoms with Crippen molar-refractivity contribution < 1.29 is 13.9 Å². The van der Waals surface area contributed by atoms with Crippen LogP contribution in [0.3, 0.4) is 0 Å². The molecular weight excluding hydrogens is 294 g/mol. The van der Waals surface area contributed by atoms with E-state index >= 15 is 0 Å². The highest BCUT2D eigenvalue weighted by Gasteiger charge is 2.09. The summed E-state index contributed by atoms with van der Waals surface area (Å²) < 4.78 is 10.5. The van der Waals surface area contributed by atoms with Gasteiger partial charge < -0.3 is 14.5 Å². The van der Waals surface area contributed by atoms with Crippen molar-refractivity contribution in [2.24, 2.45) is 0 Å². The molecule has 0 atom stereocenters. The van der Waals surface area contributed by atoms with Gasteiger partial charge in [-0.15, -0.1) is 5.10 Å². The van der Waals surface area contributed by atoms with E-state index in [1.54, 1.807) is 31.2 Å². The van der Waals surface area contributed by atoms with Crippen molar-refractivity contribution in [2.75, 3.05) is 11.9 Å². The number of hydrogen-bond donors (Lipinski definition) is 1. The first kappa shape index (κ1) is 14.8. The second-order valence-electron chi connectivity index (χ2n) is 4.70. The van der Waals surface area contributed by atoms with Crippen molar-refractivity contribution >= 4 is 17.7 Å². The monoisotopic (exact) mass is 309 g/mol. The number of nitrogens with zero attached hydrogens (tertiary/aromatic N) is 2. The van der Waals surface area contributed by atoms with Crippen LogP contribution in [0.1, 0.15) is 17.3 Å². The van der Waals surface area contributed by atoms with Crippen LogP contribution in [0.15, 0.2) is 59.0 Å². The van der Waals surface area contributed by atoms with Crippen LogP contribution in [0.2, 0.25) is 0 Å². The second-order valence-corrected chi connectivity index (χ2v) is 4.70. The minimum Gasteiger partial charge on any atom is -0.462 e. The minimum atomic E-state index is -0.344. The molecule has 6 nitrogen and oxygen atoms in total. The summed E-state index contributed by atoms with van der Waals surface area (Å²) in [6.07, 6.45) is 0. The number of carbonyl (C=O) groups excluding carboxylic acids is 1. The fourth-order valence-corrected chi connectivity index (χ4v) is 2.00. The third-order valence-electron chi connectivity index (χ3n) is 3.09. The quantitative estimate of drug-likeness (QED) is 0.725. The minimum absolute atomic E-state index is 0.285. The summed E-state index contributed by atoms with van der Waals surface area (Å²) >= 11 is 0.